The van der Waals surface area contributed by atoms with Crippen LogP contribution in [0, 0.1) is 5.82 Å². The lowest BCUT2D eigenvalue weighted by Crippen LogP contribution is -2.39. The Bertz CT molecular complexity index is 1070. The van der Waals surface area contributed by atoms with E-state index >= 15 is 0 Å². The van der Waals surface area contributed by atoms with Gasteiger partial charge in [-0.05, 0) is 78.7 Å². The highest BCUT2D eigenvalue weighted by Crippen LogP contribution is 2.35. The van der Waals surface area contributed by atoms with E-state index in [2.05, 4.69) is 26.6 Å². The van der Waals surface area contributed by atoms with Gasteiger partial charge in [-0.25, -0.2) is 4.39 Å². The van der Waals surface area contributed by atoms with Crippen LogP contribution in [0.2, 0.25) is 0 Å². The average Bonchev–Trinajstić information content (AvgIpc) is 2.76. The number of ether oxygens (including phenoxy) is 1. The summed E-state index contributed by atoms with van der Waals surface area (Å²) < 4.78 is 20.3. The minimum atomic E-state index is -0.337. The molecule has 0 fully saturated rings. The maximum absolute atomic E-state index is 13.9. The van der Waals surface area contributed by atoms with Gasteiger partial charge >= 0.3 is 0 Å². The highest BCUT2D eigenvalue weighted by molar-refractivity contribution is 9.10. The van der Waals surface area contributed by atoms with Crippen molar-refractivity contribution in [2.45, 2.75) is 19.1 Å². The Labute approximate surface area is 183 Å². The number of hydrogen-bond donors (Lipinski definition) is 3. The Morgan fingerprint density at radius 1 is 1.07 bits per heavy atom. The summed E-state index contributed by atoms with van der Waals surface area (Å²) in [6.45, 7) is 2.56. The molecule has 4 nitrogen and oxygen atoms in total. The summed E-state index contributed by atoms with van der Waals surface area (Å²) in [6, 6.07) is 19.3. The Morgan fingerprint density at radius 3 is 2.60 bits per heavy atom. The molecule has 0 radical (unpaired) electrons. The van der Waals surface area contributed by atoms with Crippen molar-refractivity contribution in [1.82, 2.24) is 10.6 Å². The standard InChI is InChI=1S/C24H22BrFN2O2/c1-2-30-19-9-6-15(7-10-19)21-14-22(20-13-17(25)8-11-23(20)29)28-24(27-21)16-4-3-5-18(26)12-16/h3-14,22,24,27-29H,2H2,1H3. The number of phenols is 1. The van der Waals surface area contributed by atoms with Crippen LogP contribution < -0.4 is 15.4 Å². The van der Waals surface area contributed by atoms with E-state index in [-0.39, 0.29) is 23.8 Å². The summed E-state index contributed by atoms with van der Waals surface area (Å²) in [5.41, 5.74) is 3.36. The normalized spacial score (nSPS) is 18.4. The molecule has 0 aliphatic carbocycles. The molecule has 1 aliphatic heterocycles. The Kier molecular flexibility index (Phi) is 6.06. The molecule has 0 saturated heterocycles. The summed E-state index contributed by atoms with van der Waals surface area (Å²) in [6.07, 6.45) is 1.68. The molecular weight excluding hydrogens is 447 g/mol. The Hall–Kier alpha value is -2.83. The summed E-state index contributed by atoms with van der Waals surface area (Å²) in [5, 5.41) is 17.4. The van der Waals surface area contributed by atoms with Crippen LogP contribution in [-0.4, -0.2) is 11.7 Å². The minimum absolute atomic E-state index is 0.192. The molecule has 3 aromatic rings. The van der Waals surface area contributed by atoms with Crippen LogP contribution in [0.25, 0.3) is 5.70 Å². The quantitative estimate of drug-likeness (QED) is 0.451. The van der Waals surface area contributed by atoms with Crippen LogP contribution in [0.1, 0.15) is 35.8 Å². The Balaban J connectivity index is 1.74. The van der Waals surface area contributed by atoms with E-state index in [1.807, 2.05) is 49.4 Å². The highest BCUT2D eigenvalue weighted by Gasteiger charge is 2.26. The van der Waals surface area contributed by atoms with Gasteiger partial charge in [0.15, 0.2) is 0 Å². The number of rotatable bonds is 5. The number of nitrogens with one attached hydrogen (secondary N) is 2. The van der Waals surface area contributed by atoms with Crippen molar-refractivity contribution in [3.63, 3.8) is 0 Å². The van der Waals surface area contributed by atoms with Gasteiger partial charge in [0.2, 0.25) is 0 Å². The van der Waals surface area contributed by atoms with Gasteiger partial charge in [0, 0.05) is 15.7 Å². The number of phenolic OH excluding ortho intramolecular Hbond substituents is 1. The monoisotopic (exact) mass is 468 g/mol. The largest absolute Gasteiger partial charge is 0.508 e. The first-order chi connectivity index (χ1) is 14.5. The first-order valence-corrected chi connectivity index (χ1v) is 10.5. The molecule has 0 amide bonds. The summed E-state index contributed by atoms with van der Waals surface area (Å²) in [7, 11) is 0. The van der Waals surface area contributed by atoms with E-state index in [4.69, 9.17) is 4.74 Å². The first kappa shape index (κ1) is 20.4. The third-order valence-corrected chi connectivity index (χ3v) is 5.46. The lowest BCUT2D eigenvalue weighted by atomic mass is 9.98. The zero-order chi connectivity index (χ0) is 21.1. The minimum Gasteiger partial charge on any atom is -0.508 e. The molecule has 2 unspecified atom stereocenters. The van der Waals surface area contributed by atoms with E-state index in [0.29, 0.717) is 6.61 Å². The van der Waals surface area contributed by atoms with Crippen molar-refractivity contribution in [2.75, 3.05) is 6.61 Å². The number of halogens is 2. The molecule has 154 valence electrons. The van der Waals surface area contributed by atoms with Crippen molar-refractivity contribution < 1.29 is 14.2 Å². The molecule has 0 spiro atoms. The van der Waals surface area contributed by atoms with E-state index in [1.165, 1.54) is 12.1 Å². The van der Waals surface area contributed by atoms with Crippen LogP contribution in [0.4, 0.5) is 4.39 Å². The molecule has 0 saturated carbocycles. The van der Waals surface area contributed by atoms with E-state index < -0.39 is 0 Å². The van der Waals surface area contributed by atoms with Crippen molar-refractivity contribution in [2.24, 2.45) is 0 Å². The molecule has 2 atom stereocenters. The molecule has 0 aromatic heterocycles. The van der Waals surface area contributed by atoms with Gasteiger partial charge < -0.3 is 15.2 Å². The maximum Gasteiger partial charge on any atom is 0.123 e. The Morgan fingerprint density at radius 2 is 1.87 bits per heavy atom. The van der Waals surface area contributed by atoms with Gasteiger partial charge in [0.05, 0.1) is 12.6 Å². The van der Waals surface area contributed by atoms with Crippen molar-refractivity contribution >= 4 is 21.6 Å². The smallest absolute Gasteiger partial charge is 0.123 e. The zero-order valence-corrected chi connectivity index (χ0v) is 18.0. The van der Waals surface area contributed by atoms with E-state index in [0.717, 1.165) is 32.6 Å². The topological polar surface area (TPSA) is 53.5 Å². The van der Waals surface area contributed by atoms with Gasteiger partial charge in [-0.1, -0.05) is 28.1 Å². The van der Waals surface area contributed by atoms with Crippen LogP contribution >= 0.6 is 15.9 Å². The predicted molar refractivity (Wildman–Crippen MR) is 120 cm³/mol. The number of hydrogen-bond acceptors (Lipinski definition) is 4. The third kappa shape index (κ3) is 4.50. The van der Waals surface area contributed by atoms with Gasteiger partial charge in [0.25, 0.3) is 0 Å². The highest BCUT2D eigenvalue weighted by atomic mass is 79.9. The molecule has 1 aliphatic rings. The second-order valence-electron chi connectivity index (χ2n) is 7.02. The van der Waals surface area contributed by atoms with Gasteiger partial charge in [-0.3, -0.25) is 5.32 Å². The molecule has 1 heterocycles. The lowest BCUT2D eigenvalue weighted by molar-refractivity contribution is 0.340. The molecule has 0 bridgehead atoms. The fourth-order valence-corrected chi connectivity index (χ4v) is 3.92. The van der Waals surface area contributed by atoms with E-state index in [9.17, 15) is 9.50 Å². The lowest BCUT2D eigenvalue weighted by Gasteiger charge is -2.33. The summed E-state index contributed by atoms with van der Waals surface area (Å²) in [5.74, 6) is 0.701. The molecule has 3 N–H and O–H groups in total. The molecule has 6 heteroatoms. The van der Waals surface area contributed by atoms with Crippen LogP contribution in [0.15, 0.2) is 77.3 Å². The summed E-state index contributed by atoms with van der Waals surface area (Å²) >= 11 is 3.48. The molecule has 4 rings (SSSR count). The zero-order valence-electron chi connectivity index (χ0n) is 16.4. The van der Waals surface area contributed by atoms with Crippen LogP contribution in [0.3, 0.4) is 0 Å². The average molecular weight is 469 g/mol. The molecule has 3 aromatic carbocycles. The SMILES string of the molecule is CCOc1ccc(C2=CC(c3cc(Br)ccc3O)NC(c3cccc(F)c3)N2)cc1. The maximum atomic E-state index is 13.9. The molecule has 30 heavy (non-hydrogen) atoms. The van der Waals surface area contributed by atoms with Crippen molar-refractivity contribution in [3.05, 3.63) is 99.8 Å². The second kappa shape index (κ2) is 8.90. The third-order valence-electron chi connectivity index (χ3n) is 4.96. The number of benzene rings is 3. The van der Waals surface area contributed by atoms with Crippen LogP contribution in [0.5, 0.6) is 11.5 Å². The predicted octanol–water partition coefficient (Wildman–Crippen LogP) is 5.67. The van der Waals surface area contributed by atoms with Crippen LogP contribution in [-0.2, 0) is 0 Å². The van der Waals surface area contributed by atoms with Crippen molar-refractivity contribution in [1.29, 1.82) is 0 Å². The van der Waals surface area contributed by atoms with E-state index in [1.54, 1.807) is 18.2 Å². The van der Waals surface area contributed by atoms with Crippen molar-refractivity contribution in [3.8, 4) is 11.5 Å². The number of aromatic hydroxyl groups is 1. The second-order valence-corrected chi connectivity index (χ2v) is 7.93. The van der Waals surface area contributed by atoms with Gasteiger partial charge in [-0.2, -0.15) is 0 Å². The fourth-order valence-electron chi connectivity index (χ4n) is 3.54. The van der Waals surface area contributed by atoms with Gasteiger partial charge in [0.1, 0.15) is 23.5 Å². The first-order valence-electron chi connectivity index (χ1n) is 9.75. The van der Waals surface area contributed by atoms with Gasteiger partial charge in [-0.15, -0.1) is 0 Å². The molecular formula is C24H22BrFN2O2. The summed E-state index contributed by atoms with van der Waals surface area (Å²) in [4.78, 5) is 0. The fraction of sp³-hybridized carbons (Fsp3) is 0.167.